The summed E-state index contributed by atoms with van der Waals surface area (Å²) in [7, 11) is 2.98. The maximum absolute atomic E-state index is 14.5. The van der Waals surface area contributed by atoms with Crippen LogP contribution < -0.4 is 0 Å². The van der Waals surface area contributed by atoms with Gasteiger partial charge in [0.05, 0.1) is 51.2 Å². The van der Waals surface area contributed by atoms with Crippen LogP contribution in [0, 0.1) is 39.4 Å². The molecule has 12 bridgehead atoms. The van der Waals surface area contributed by atoms with Gasteiger partial charge < -0.3 is 34.3 Å². The first-order chi connectivity index (χ1) is 21.9. The smallest absolute Gasteiger partial charge is 0.319 e. The van der Waals surface area contributed by atoms with Crippen LogP contribution in [0.25, 0.3) is 0 Å². The van der Waals surface area contributed by atoms with Crippen molar-refractivity contribution in [1.29, 1.82) is 0 Å². The average molecular weight is 657 g/mol. The van der Waals surface area contributed by atoms with Crippen molar-refractivity contribution in [2.45, 2.75) is 144 Å². The zero-order valence-corrected chi connectivity index (χ0v) is 27.6. The van der Waals surface area contributed by atoms with E-state index in [1.54, 1.807) is 7.11 Å². The van der Waals surface area contributed by atoms with Crippen molar-refractivity contribution < 1.29 is 53.4 Å². The highest BCUT2D eigenvalue weighted by Gasteiger charge is 2.73. The first kappa shape index (κ1) is 30.9. The minimum Gasteiger partial charge on any atom is -0.469 e. The first-order valence-corrected chi connectivity index (χ1v) is 17.7. The molecule has 258 valence electrons. The minimum atomic E-state index is -1.27. The minimum absolute atomic E-state index is 0.0591. The highest BCUT2D eigenvalue weighted by molar-refractivity contribution is 5.94. The molecule has 0 spiro atoms. The molecule has 11 heteroatoms. The largest absolute Gasteiger partial charge is 0.469 e. The topological polar surface area (TPSA) is 166 Å². The Kier molecular flexibility index (Phi) is 5.91. The highest BCUT2D eigenvalue weighted by Crippen LogP contribution is 2.70. The van der Waals surface area contributed by atoms with Crippen molar-refractivity contribution in [3.05, 3.63) is 0 Å². The summed E-state index contributed by atoms with van der Waals surface area (Å²) in [4.78, 5) is 55.8. The fraction of sp³-hybridized carbons (Fsp3) is 0.889. The van der Waals surface area contributed by atoms with Crippen molar-refractivity contribution in [3.8, 4) is 0 Å². The fourth-order valence-electron chi connectivity index (χ4n) is 15.1. The second kappa shape index (κ2) is 8.98. The number of hydrogen-bond donors (Lipinski definition) is 3. The summed E-state index contributed by atoms with van der Waals surface area (Å²) in [6, 6.07) is 0. The van der Waals surface area contributed by atoms with Gasteiger partial charge in [-0.05, 0) is 114 Å². The lowest BCUT2D eigenvalue weighted by atomic mass is 9.42. The van der Waals surface area contributed by atoms with Gasteiger partial charge in [0, 0.05) is 26.4 Å². The summed E-state index contributed by atoms with van der Waals surface area (Å²) in [6.45, 7) is 0. The molecule has 12 unspecified atom stereocenters. The van der Waals surface area contributed by atoms with Crippen molar-refractivity contribution >= 4 is 23.9 Å². The maximum atomic E-state index is 14.5. The third-order valence-electron chi connectivity index (χ3n) is 14.9. The van der Waals surface area contributed by atoms with Crippen LogP contribution in [-0.2, 0) is 38.1 Å². The number of ether oxygens (including phenoxy) is 4. The molecule has 0 saturated heterocycles. The quantitative estimate of drug-likeness (QED) is 0.219. The Labute approximate surface area is 274 Å². The van der Waals surface area contributed by atoms with E-state index in [1.165, 1.54) is 7.11 Å². The lowest BCUT2D eigenvalue weighted by Gasteiger charge is -2.65. The standard InChI is InChI=1S/C36H48O11/c1-44-24(37)28-3-21-4-29(12-28,15-32(41,7-21)14-28)25(38)46-26(39)30-5-22-6-31(13-30,17-33(42,8-22)16-30)27(40)47-36-11-23-9-34(43,19-36)18-35(10-23,20-36)45-2/h21-23,41-43H,3-20H2,1-2H3. The number of methoxy groups -OCH3 is 2. The normalized spacial score (nSPS) is 55.6. The number of aliphatic hydroxyl groups is 3. The van der Waals surface area contributed by atoms with Crippen LogP contribution >= 0.6 is 0 Å². The van der Waals surface area contributed by atoms with Gasteiger partial charge in [0.25, 0.3) is 0 Å². The second-order valence-electron chi connectivity index (χ2n) is 18.9. The molecule has 12 atom stereocenters. The van der Waals surface area contributed by atoms with E-state index < -0.39 is 73.5 Å². The van der Waals surface area contributed by atoms with Crippen LogP contribution in [0.1, 0.15) is 116 Å². The van der Waals surface area contributed by atoms with Gasteiger partial charge in [0.2, 0.25) is 0 Å². The zero-order chi connectivity index (χ0) is 33.1. The van der Waals surface area contributed by atoms with Crippen molar-refractivity contribution in [2.75, 3.05) is 14.2 Å². The van der Waals surface area contributed by atoms with Gasteiger partial charge >= 0.3 is 23.9 Å². The van der Waals surface area contributed by atoms with E-state index in [2.05, 4.69) is 0 Å². The Bertz CT molecular complexity index is 1500. The third kappa shape index (κ3) is 4.24. The summed E-state index contributed by atoms with van der Waals surface area (Å²) in [5, 5.41) is 34.8. The summed E-state index contributed by atoms with van der Waals surface area (Å²) >= 11 is 0. The molecular formula is C36H48O11. The molecule has 12 rings (SSSR count). The molecule has 0 radical (unpaired) electrons. The molecule has 3 N–H and O–H groups in total. The molecule has 0 aromatic carbocycles. The lowest BCUT2D eigenvalue weighted by Crippen LogP contribution is -2.69. The Balaban J connectivity index is 0.982. The monoisotopic (exact) mass is 656 g/mol. The van der Waals surface area contributed by atoms with Crippen LogP contribution in [0.3, 0.4) is 0 Å². The summed E-state index contributed by atoms with van der Waals surface area (Å²) in [6.07, 6.45) is 7.45. The van der Waals surface area contributed by atoms with E-state index in [0.29, 0.717) is 70.6 Å². The SMILES string of the molecule is COC(=O)C12CC3CC(O)(C1)CC(C(=O)OC(=O)C14CC5CC(O)(C1)CC(C(=O)OC16CC7CC(O)(CC(OC)(C7)C1)C6)(C5)C4)(C3)C2. The zero-order valence-electron chi connectivity index (χ0n) is 27.6. The lowest BCUT2D eigenvalue weighted by molar-refractivity contribution is -0.278. The summed E-state index contributed by atoms with van der Waals surface area (Å²) < 4.78 is 23.4. The van der Waals surface area contributed by atoms with E-state index in [1.807, 2.05) is 0 Å². The predicted octanol–water partition coefficient (Wildman–Crippen LogP) is 3.03. The molecule has 12 fully saturated rings. The first-order valence-electron chi connectivity index (χ1n) is 17.7. The molecule has 0 heterocycles. The molecular weight excluding hydrogens is 608 g/mol. The Morgan fingerprint density at radius 3 is 1.32 bits per heavy atom. The van der Waals surface area contributed by atoms with Crippen molar-refractivity contribution in [2.24, 2.45) is 39.4 Å². The molecule has 0 aliphatic heterocycles. The van der Waals surface area contributed by atoms with Crippen LogP contribution in [0.2, 0.25) is 0 Å². The van der Waals surface area contributed by atoms with Crippen LogP contribution in [0.4, 0.5) is 0 Å². The van der Waals surface area contributed by atoms with Gasteiger partial charge in [-0.1, -0.05) is 0 Å². The Morgan fingerprint density at radius 2 is 0.872 bits per heavy atom. The molecule has 0 amide bonds. The maximum Gasteiger partial charge on any atom is 0.319 e. The summed E-state index contributed by atoms with van der Waals surface area (Å²) in [5.41, 5.74) is -9.30. The van der Waals surface area contributed by atoms with E-state index in [4.69, 9.17) is 18.9 Å². The Morgan fingerprint density at radius 1 is 0.468 bits per heavy atom. The predicted molar refractivity (Wildman–Crippen MR) is 160 cm³/mol. The Hall–Kier alpha value is -2.08. The third-order valence-corrected chi connectivity index (χ3v) is 14.9. The average Bonchev–Trinajstić information content (AvgIpc) is 2.92. The number of esters is 4. The van der Waals surface area contributed by atoms with Crippen molar-refractivity contribution in [1.82, 2.24) is 0 Å². The molecule has 0 aromatic rings. The fourth-order valence-corrected chi connectivity index (χ4v) is 15.1. The van der Waals surface area contributed by atoms with Gasteiger partial charge in [-0.3, -0.25) is 19.2 Å². The van der Waals surface area contributed by atoms with Crippen LogP contribution in [-0.4, -0.2) is 81.4 Å². The number of carbonyl (C=O) groups excluding carboxylic acids is 4. The van der Waals surface area contributed by atoms with Gasteiger partial charge in [0.1, 0.15) is 5.60 Å². The van der Waals surface area contributed by atoms with Gasteiger partial charge in [0.15, 0.2) is 0 Å². The van der Waals surface area contributed by atoms with E-state index >= 15 is 0 Å². The van der Waals surface area contributed by atoms with Crippen LogP contribution in [0.5, 0.6) is 0 Å². The molecule has 47 heavy (non-hydrogen) atoms. The molecule has 12 aliphatic rings. The van der Waals surface area contributed by atoms with E-state index in [9.17, 15) is 34.5 Å². The van der Waals surface area contributed by atoms with Crippen molar-refractivity contribution in [3.63, 3.8) is 0 Å². The number of carbonyl (C=O) groups is 4. The van der Waals surface area contributed by atoms with Gasteiger partial charge in [-0.25, -0.2) is 0 Å². The number of hydrogen-bond acceptors (Lipinski definition) is 11. The highest BCUT2D eigenvalue weighted by atomic mass is 16.6. The molecule has 12 saturated carbocycles. The second-order valence-corrected chi connectivity index (χ2v) is 18.9. The summed E-state index contributed by atoms with van der Waals surface area (Å²) in [5.74, 6) is -2.28. The molecule has 11 nitrogen and oxygen atoms in total. The van der Waals surface area contributed by atoms with E-state index in [-0.39, 0.29) is 56.3 Å². The molecule has 12 aliphatic carbocycles. The van der Waals surface area contributed by atoms with Gasteiger partial charge in [-0.2, -0.15) is 0 Å². The molecule has 0 aromatic heterocycles. The van der Waals surface area contributed by atoms with Gasteiger partial charge in [-0.15, -0.1) is 0 Å². The van der Waals surface area contributed by atoms with E-state index in [0.717, 1.165) is 6.42 Å². The number of rotatable bonds is 6. The van der Waals surface area contributed by atoms with Crippen LogP contribution in [0.15, 0.2) is 0 Å².